The number of hydrogen-bond acceptors (Lipinski definition) is 5. The van der Waals surface area contributed by atoms with E-state index < -0.39 is 0 Å². The molecular formula is C23H22Cl2N4O3. The molecule has 0 saturated carbocycles. The average Bonchev–Trinajstić information content (AvgIpc) is 3.18. The van der Waals surface area contributed by atoms with Gasteiger partial charge in [0.15, 0.2) is 5.78 Å². The predicted octanol–water partition coefficient (Wildman–Crippen LogP) is 4.97. The summed E-state index contributed by atoms with van der Waals surface area (Å²) in [6.45, 7) is 4.70. The molecule has 7 nitrogen and oxygen atoms in total. The number of ketones is 1. The normalized spacial score (nSPS) is 14.4. The second kappa shape index (κ2) is 9.73. The van der Waals surface area contributed by atoms with Crippen LogP contribution < -0.4 is 4.74 Å². The predicted molar refractivity (Wildman–Crippen MR) is 123 cm³/mol. The van der Waals surface area contributed by atoms with E-state index in [4.69, 9.17) is 27.9 Å². The van der Waals surface area contributed by atoms with Crippen molar-refractivity contribution in [2.45, 2.75) is 13.5 Å². The minimum Gasteiger partial charge on any atom is -0.457 e. The SMILES string of the molecule is CC(=O)c1nn(C(=O)N2CCN(Cc3cccc(Oc4ccc(Cl)cc4)c3)CC2)cc1Cl. The number of ether oxygens (including phenoxy) is 1. The third-order valence-electron chi connectivity index (χ3n) is 5.20. The van der Waals surface area contributed by atoms with Gasteiger partial charge in [-0.05, 0) is 42.0 Å². The fourth-order valence-corrected chi connectivity index (χ4v) is 3.93. The maximum atomic E-state index is 12.7. The molecule has 1 aliphatic rings. The molecule has 166 valence electrons. The molecule has 0 aliphatic carbocycles. The zero-order chi connectivity index (χ0) is 22.7. The Morgan fingerprint density at radius 2 is 1.72 bits per heavy atom. The Hall–Kier alpha value is -2.87. The zero-order valence-corrected chi connectivity index (χ0v) is 19.0. The molecule has 1 saturated heterocycles. The Morgan fingerprint density at radius 3 is 2.38 bits per heavy atom. The quantitative estimate of drug-likeness (QED) is 0.490. The van der Waals surface area contributed by atoms with Crippen LogP contribution in [0.25, 0.3) is 0 Å². The number of halogens is 2. The van der Waals surface area contributed by atoms with E-state index in [1.165, 1.54) is 13.1 Å². The van der Waals surface area contributed by atoms with Crippen LogP contribution in [0.15, 0.2) is 54.7 Å². The molecule has 1 aromatic heterocycles. The number of piperazine rings is 1. The summed E-state index contributed by atoms with van der Waals surface area (Å²) in [4.78, 5) is 28.2. The van der Waals surface area contributed by atoms with Gasteiger partial charge in [-0.1, -0.05) is 35.3 Å². The number of Topliss-reactive ketones (excluding diaryl/α,β-unsaturated/α-hetero) is 1. The minimum atomic E-state index is -0.280. The van der Waals surface area contributed by atoms with Crippen molar-refractivity contribution >= 4 is 35.0 Å². The molecule has 3 aromatic rings. The number of aromatic nitrogens is 2. The Kier molecular flexibility index (Phi) is 6.79. The van der Waals surface area contributed by atoms with Crippen LogP contribution in [0.4, 0.5) is 4.79 Å². The van der Waals surface area contributed by atoms with Crippen molar-refractivity contribution in [2.24, 2.45) is 0 Å². The van der Waals surface area contributed by atoms with Crippen molar-refractivity contribution in [3.63, 3.8) is 0 Å². The van der Waals surface area contributed by atoms with Gasteiger partial charge in [0, 0.05) is 44.7 Å². The van der Waals surface area contributed by atoms with Crippen LogP contribution >= 0.6 is 23.2 Å². The first-order valence-electron chi connectivity index (χ1n) is 10.2. The standard InChI is InChI=1S/C23H22Cl2N4O3/c1-16(30)22-21(25)15-29(26-22)23(31)28-11-9-27(10-12-28)14-17-3-2-4-20(13-17)32-19-7-5-18(24)6-8-19/h2-8,13,15H,9-12,14H2,1H3. The summed E-state index contributed by atoms with van der Waals surface area (Å²) in [5.74, 6) is 1.22. The van der Waals surface area contributed by atoms with Crippen molar-refractivity contribution in [2.75, 3.05) is 26.2 Å². The summed E-state index contributed by atoms with van der Waals surface area (Å²) in [7, 11) is 0. The largest absolute Gasteiger partial charge is 0.457 e. The van der Waals surface area contributed by atoms with Gasteiger partial charge >= 0.3 is 6.03 Å². The lowest BCUT2D eigenvalue weighted by atomic mass is 10.2. The summed E-state index contributed by atoms with van der Waals surface area (Å²) in [6.07, 6.45) is 1.39. The van der Waals surface area contributed by atoms with Crippen molar-refractivity contribution < 1.29 is 14.3 Å². The molecule has 4 rings (SSSR count). The third kappa shape index (κ3) is 5.30. The average molecular weight is 473 g/mol. The van der Waals surface area contributed by atoms with Gasteiger partial charge in [-0.3, -0.25) is 9.69 Å². The van der Waals surface area contributed by atoms with E-state index in [9.17, 15) is 9.59 Å². The Labute approximate surface area is 196 Å². The summed E-state index contributed by atoms with van der Waals surface area (Å²) in [6, 6.07) is 14.9. The van der Waals surface area contributed by atoms with Crippen LogP contribution in [-0.2, 0) is 6.54 Å². The molecule has 0 N–H and O–H groups in total. The Bertz CT molecular complexity index is 1120. The van der Waals surface area contributed by atoms with Crippen LogP contribution in [0, 0.1) is 0 Å². The summed E-state index contributed by atoms with van der Waals surface area (Å²) >= 11 is 11.9. The topological polar surface area (TPSA) is 67.7 Å². The number of amides is 1. The van der Waals surface area contributed by atoms with Crippen molar-refractivity contribution in [3.8, 4) is 11.5 Å². The second-order valence-electron chi connectivity index (χ2n) is 7.58. The Morgan fingerprint density at radius 1 is 1.00 bits per heavy atom. The molecule has 0 unspecified atom stereocenters. The van der Waals surface area contributed by atoms with Gasteiger partial charge in [0.05, 0.1) is 11.2 Å². The molecule has 0 spiro atoms. The van der Waals surface area contributed by atoms with Crippen molar-refractivity contribution in [1.29, 1.82) is 0 Å². The second-order valence-corrected chi connectivity index (χ2v) is 8.42. The number of benzene rings is 2. The third-order valence-corrected chi connectivity index (χ3v) is 5.72. The fraction of sp³-hybridized carbons (Fsp3) is 0.261. The molecular weight excluding hydrogens is 451 g/mol. The molecule has 0 atom stereocenters. The first-order chi connectivity index (χ1) is 15.4. The lowest BCUT2D eigenvalue weighted by Crippen LogP contribution is -2.49. The van der Waals surface area contributed by atoms with Crippen LogP contribution in [0.2, 0.25) is 10.0 Å². The summed E-state index contributed by atoms with van der Waals surface area (Å²) in [5.41, 5.74) is 1.24. The van der Waals surface area contributed by atoms with Crippen LogP contribution in [0.5, 0.6) is 11.5 Å². The van der Waals surface area contributed by atoms with Crippen LogP contribution in [0.1, 0.15) is 23.0 Å². The number of nitrogens with zero attached hydrogens (tertiary/aromatic N) is 4. The van der Waals surface area contributed by atoms with E-state index in [1.807, 2.05) is 30.3 Å². The number of hydrogen-bond donors (Lipinski definition) is 0. The lowest BCUT2D eigenvalue weighted by Gasteiger charge is -2.34. The van der Waals surface area contributed by atoms with E-state index >= 15 is 0 Å². The van der Waals surface area contributed by atoms with Gasteiger partial charge in [-0.15, -0.1) is 0 Å². The highest BCUT2D eigenvalue weighted by atomic mass is 35.5. The number of rotatable bonds is 5. The van der Waals surface area contributed by atoms with E-state index in [1.54, 1.807) is 17.0 Å². The molecule has 9 heteroatoms. The van der Waals surface area contributed by atoms with Gasteiger partial charge in [0.25, 0.3) is 0 Å². The van der Waals surface area contributed by atoms with Gasteiger partial charge in [-0.25, -0.2) is 4.79 Å². The number of carbonyl (C=O) groups excluding carboxylic acids is 2. The van der Waals surface area contributed by atoms with E-state index in [0.29, 0.717) is 18.1 Å². The maximum absolute atomic E-state index is 12.7. The van der Waals surface area contributed by atoms with Gasteiger partial charge < -0.3 is 9.64 Å². The van der Waals surface area contributed by atoms with Crippen molar-refractivity contribution in [3.05, 3.63) is 76.0 Å². The minimum absolute atomic E-state index is 0.111. The van der Waals surface area contributed by atoms with Crippen molar-refractivity contribution in [1.82, 2.24) is 19.6 Å². The molecule has 1 aliphatic heterocycles. The summed E-state index contributed by atoms with van der Waals surface area (Å²) in [5, 5.41) is 4.88. The highest BCUT2D eigenvalue weighted by molar-refractivity contribution is 6.33. The molecule has 1 fully saturated rings. The fourth-order valence-electron chi connectivity index (χ4n) is 3.54. The monoisotopic (exact) mass is 472 g/mol. The van der Waals surface area contributed by atoms with Crippen LogP contribution in [0.3, 0.4) is 0 Å². The molecule has 32 heavy (non-hydrogen) atoms. The van der Waals surface area contributed by atoms with E-state index in [-0.39, 0.29) is 22.5 Å². The highest BCUT2D eigenvalue weighted by Gasteiger charge is 2.24. The van der Waals surface area contributed by atoms with Gasteiger partial charge in [-0.2, -0.15) is 9.78 Å². The maximum Gasteiger partial charge on any atom is 0.344 e. The van der Waals surface area contributed by atoms with E-state index in [2.05, 4.69) is 16.1 Å². The molecule has 2 aromatic carbocycles. The zero-order valence-electron chi connectivity index (χ0n) is 17.5. The molecule has 0 radical (unpaired) electrons. The van der Waals surface area contributed by atoms with Gasteiger partial charge in [0.2, 0.25) is 0 Å². The molecule has 1 amide bonds. The molecule has 0 bridgehead atoms. The number of carbonyl (C=O) groups is 2. The summed E-state index contributed by atoms with van der Waals surface area (Å²) < 4.78 is 7.06. The van der Waals surface area contributed by atoms with Gasteiger partial charge in [0.1, 0.15) is 17.2 Å². The Balaban J connectivity index is 1.33. The smallest absolute Gasteiger partial charge is 0.344 e. The van der Waals surface area contributed by atoms with E-state index in [0.717, 1.165) is 41.4 Å². The first kappa shape index (κ1) is 22.3. The molecule has 2 heterocycles. The highest BCUT2D eigenvalue weighted by Crippen LogP contribution is 2.24. The lowest BCUT2D eigenvalue weighted by molar-refractivity contribution is 0.101. The van der Waals surface area contributed by atoms with Crippen LogP contribution in [-0.4, -0.2) is 57.6 Å². The first-order valence-corrected chi connectivity index (χ1v) is 10.9.